The first-order valence-corrected chi connectivity index (χ1v) is 11.0. The Bertz CT molecular complexity index is 1320. The number of benzene rings is 2. The molecule has 6 nitrogen and oxygen atoms in total. The van der Waals surface area contributed by atoms with E-state index >= 15 is 0 Å². The molecule has 0 saturated heterocycles. The predicted octanol–water partition coefficient (Wildman–Crippen LogP) is 5.78. The van der Waals surface area contributed by atoms with Gasteiger partial charge in [0.05, 0.1) is 0 Å². The van der Waals surface area contributed by atoms with Crippen LogP contribution in [0.4, 0.5) is 28.4 Å². The Morgan fingerprint density at radius 1 is 0.758 bits per heavy atom. The lowest BCUT2D eigenvalue weighted by Crippen LogP contribution is -2.28. The normalized spacial score (nSPS) is 12.4. The molecule has 0 spiro atoms. The maximum absolute atomic E-state index is 13.2. The van der Waals surface area contributed by atoms with Gasteiger partial charge in [-0.1, -0.05) is 0 Å². The molecule has 2 aromatic carbocycles. The molecule has 1 aliphatic heterocycles. The minimum Gasteiger partial charge on any atom is -0.355 e. The van der Waals surface area contributed by atoms with Crippen LogP contribution in [0.2, 0.25) is 0 Å². The van der Waals surface area contributed by atoms with E-state index in [2.05, 4.69) is 26.7 Å². The van der Waals surface area contributed by atoms with Crippen LogP contribution in [0.25, 0.3) is 0 Å². The second-order valence-corrected chi connectivity index (χ2v) is 8.25. The third kappa shape index (κ3) is 4.55. The van der Waals surface area contributed by atoms with Crippen molar-refractivity contribution >= 4 is 34.3 Å². The van der Waals surface area contributed by atoms with Crippen molar-refractivity contribution in [3.63, 3.8) is 0 Å². The Kier molecular flexibility index (Phi) is 5.48. The number of aromatic nitrogens is 2. The van der Waals surface area contributed by atoms with E-state index in [9.17, 15) is 4.79 Å². The first kappa shape index (κ1) is 20.7. The van der Waals surface area contributed by atoms with Crippen molar-refractivity contribution in [2.24, 2.45) is 0 Å². The molecule has 5 rings (SSSR count). The second-order valence-electron chi connectivity index (χ2n) is 8.25. The molecule has 0 unspecified atom stereocenters. The molecule has 1 aliphatic rings. The summed E-state index contributed by atoms with van der Waals surface area (Å²) in [4.78, 5) is 23.5. The van der Waals surface area contributed by atoms with Crippen molar-refractivity contribution < 1.29 is 4.79 Å². The summed E-state index contributed by atoms with van der Waals surface area (Å²) in [5.74, 6) is 0.0190. The summed E-state index contributed by atoms with van der Waals surface area (Å²) < 4.78 is 0. The fourth-order valence-electron chi connectivity index (χ4n) is 4.12. The zero-order chi connectivity index (χ0) is 22.8. The number of rotatable bonds is 5. The number of carbonyl (C=O) groups is 1. The van der Waals surface area contributed by atoms with Crippen LogP contribution in [-0.4, -0.2) is 22.4 Å². The maximum atomic E-state index is 13.2. The zero-order valence-electron chi connectivity index (χ0n) is 18.7. The zero-order valence-corrected chi connectivity index (χ0v) is 18.7. The van der Waals surface area contributed by atoms with E-state index < -0.39 is 0 Å². The highest BCUT2D eigenvalue weighted by Gasteiger charge is 2.25. The molecule has 33 heavy (non-hydrogen) atoms. The highest BCUT2D eigenvalue weighted by Crippen LogP contribution is 2.33. The number of carbonyl (C=O) groups excluding carboxylic acids is 1. The molecule has 4 aromatic rings. The average molecular weight is 436 g/mol. The molecule has 3 heterocycles. The van der Waals surface area contributed by atoms with Gasteiger partial charge in [-0.3, -0.25) is 14.8 Å². The Morgan fingerprint density at radius 2 is 1.33 bits per heavy atom. The molecule has 0 bridgehead atoms. The van der Waals surface area contributed by atoms with Gasteiger partial charge in [0.25, 0.3) is 5.91 Å². The molecular formula is C27H25N5O. The summed E-state index contributed by atoms with van der Waals surface area (Å²) in [5, 5.41) is 6.78. The molecule has 2 aromatic heterocycles. The minimum atomic E-state index is 0.0190. The van der Waals surface area contributed by atoms with Crippen molar-refractivity contribution in [2.45, 2.75) is 20.3 Å². The topological polar surface area (TPSA) is 70.2 Å². The summed E-state index contributed by atoms with van der Waals surface area (Å²) in [5.41, 5.74) is 8.66. The Hall–Kier alpha value is -4.19. The second kappa shape index (κ2) is 8.74. The van der Waals surface area contributed by atoms with Crippen LogP contribution in [0.5, 0.6) is 0 Å². The summed E-state index contributed by atoms with van der Waals surface area (Å²) in [6, 6.07) is 21.7. The number of amides is 1. The summed E-state index contributed by atoms with van der Waals surface area (Å²) in [6.45, 7) is 4.61. The van der Waals surface area contributed by atoms with Gasteiger partial charge in [-0.15, -0.1) is 0 Å². The van der Waals surface area contributed by atoms with E-state index in [-0.39, 0.29) is 5.91 Å². The van der Waals surface area contributed by atoms with Crippen LogP contribution in [0, 0.1) is 13.8 Å². The number of aryl methyl sites for hydroxylation is 2. The summed E-state index contributed by atoms with van der Waals surface area (Å²) in [6.07, 6.45) is 4.41. The largest absolute Gasteiger partial charge is 0.355 e. The highest BCUT2D eigenvalue weighted by molar-refractivity contribution is 6.07. The van der Waals surface area contributed by atoms with Crippen LogP contribution in [-0.2, 0) is 6.42 Å². The molecule has 0 aliphatic carbocycles. The van der Waals surface area contributed by atoms with Crippen molar-refractivity contribution in [2.75, 3.05) is 22.1 Å². The van der Waals surface area contributed by atoms with Gasteiger partial charge in [0, 0.05) is 64.3 Å². The summed E-state index contributed by atoms with van der Waals surface area (Å²) >= 11 is 0. The van der Waals surface area contributed by atoms with E-state index in [0.717, 1.165) is 46.2 Å². The highest BCUT2D eigenvalue weighted by atomic mass is 16.2. The minimum absolute atomic E-state index is 0.0190. The van der Waals surface area contributed by atoms with Crippen molar-refractivity contribution in [1.82, 2.24) is 9.97 Å². The lowest BCUT2D eigenvalue weighted by atomic mass is 10.1. The van der Waals surface area contributed by atoms with E-state index in [4.69, 9.17) is 0 Å². The summed E-state index contributed by atoms with van der Waals surface area (Å²) in [7, 11) is 0. The molecule has 1 amide bonds. The molecule has 164 valence electrons. The molecule has 0 radical (unpaired) electrons. The van der Waals surface area contributed by atoms with Crippen molar-refractivity contribution in [1.29, 1.82) is 0 Å². The number of hydrogen-bond acceptors (Lipinski definition) is 5. The van der Waals surface area contributed by atoms with Gasteiger partial charge in [0.2, 0.25) is 0 Å². The SMILES string of the molecule is Cc1cc(Nc2ccc(C(=O)N3CCc4cc(Nc5ccnc(C)c5)ccc43)cc2)ccn1. The van der Waals surface area contributed by atoms with E-state index in [1.165, 1.54) is 5.56 Å². The third-order valence-electron chi connectivity index (χ3n) is 5.72. The van der Waals surface area contributed by atoms with E-state index in [1.54, 1.807) is 12.4 Å². The Balaban J connectivity index is 1.29. The standard InChI is InChI=1S/C27H25N5O/c1-18-15-24(9-12-28-18)30-22-5-3-20(4-6-22)27(33)32-14-11-21-17-23(7-8-26(21)32)31-25-10-13-29-19(2)16-25/h3-10,12-13,15-17H,11,14H2,1-2H3,(H,28,30)(H,29,31). The van der Waals surface area contributed by atoms with Crippen LogP contribution in [0.3, 0.4) is 0 Å². The molecule has 0 fully saturated rings. The van der Waals surface area contributed by atoms with Gasteiger partial charge in [-0.2, -0.15) is 0 Å². The molecule has 0 saturated carbocycles. The van der Waals surface area contributed by atoms with Crippen molar-refractivity contribution in [3.05, 3.63) is 102 Å². The number of nitrogens with one attached hydrogen (secondary N) is 2. The van der Waals surface area contributed by atoms with Crippen LogP contribution >= 0.6 is 0 Å². The lowest BCUT2D eigenvalue weighted by Gasteiger charge is -2.18. The van der Waals surface area contributed by atoms with E-state index in [1.807, 2.05) is 79.4 Å². The molecule has 0 atom stereocenters. The fourth-order valence-corrected chi connectivity index (χ4v) is 4.12. The smallest absolute Gasteiger partial charge is 0.258 e. The first-order chi connectivity index (χ1) is 16.0. The van der Waals surface area contributed by atoms with Gasteiger partial charge < -0.3 is 15.5 Å². The number of pyridine rings is 2. The number of fused-ring (bicyclic) bond motifs is 1. The first-order valence-electron chi connectivity index (χ1n) is 11.0. The van der Waals surface area contributed by atoms with Crippen LogP contribution in [0.15, 0.2) is 79.1 Å². The van der Waals surface area contributed by atoms with Gasteiger partial charge in [0.15, 0.2) is 0 Å². The molecule has 2 N–H and O–H groups in total. The van der Waals surface area contributed by atoms with Gasteiger partial charge in [-0.25, -0.2) is 0 Å². The van der Waals surface area contributed by atoms with Gasteiger partial charge in [-0.05, 0) is 92.6 Å². The molecule has 6 heteroatoms. The number of hydrogen-bond donors (Lipinski definition) is 2. The lowest BCUT2D eigenvalue weighted by molar-refractivity contribution is 0.0989. The monoisotopic (exact) mass is 435 g/mol. The van der Waals surface area contributed by atoms with Crippen molar-refractivity contribution in [3.8, 4) is 0 Å². The quantitative estimate of drug-likeness (QED) is 0.416. The third-order valence-corrected chi connectivity index (χ3v) is 5.72. The van der Waals surface area contributed by atoms with Crippen LogP contribution < -0.4 is 15.5 Å². The Morgan fingerprint density at radius 3 is 1.97 bits per heavy atom. The fraction of sp³-hybridized carbons (Fsp3) is 0.148. The number of anilines is 5. The van der Waals surface area contributed by atoms with Crippen LogP contribution in [0.1, 0.15) is 27.3 Å². The Labute approximate surface area is 193 Å². The average Bonchev–Trinajstić information content (AvgIpc) is 3.22. The predicted molar refractivity (Wildman–Crippen MR) is 133 cm³/mol. The van der Waals surface area contributed by atoms with E-state index in [0.29, 0.717) is 12.1 Å². The van der Waals surface area contributed by atoms with Gasteiger partial charge >= 0.3 is 0 Å². The van der Waals surface area contributed by atoms with Gasteiger partial charge in [0.1, 0.15) is 0 Å². The molecular weight excluding hydrogens is 410 g/mol. The number of nitrogens with zero attached hydrogens (tertiary/aromatic N) is 3. The maximum Gasteiger partial charge on any atom is 0.258 e.